The van der Waals surface area contributed by atoms with Gasteiger partial charge in [-0.1, -0.05) is 38.4 Å². The maximum absolute atomic E-state index is 13.7. The number of carboxylic acid groups (broad SMARTS) is 1. The molecule has 3 rings (SSSR count). The highest BCUT2D eigenvalue weighted by atomic mass is 35.5. The summed E-state index contributed by atoms with van der Waals surface area (Å²) in [6, 6.07) is 1.85. The molecule has 11 heteroatoms. The Balaban J connectivity index is 1.75. The van der Waals surface area contributed by atoms with Crippen LogP contribution in [-0.4, -0.2) is 71.3 Å². The third-order valence-electron chi connectivity index (χ3n) is 6.49. The van der Waals surface area contributed by atoms with Gasteiger partial charge in [0.05, 0.1) is 29.7 Å². The molecule has 3 N–H and O–H groups in total. The van der Waals surface area contributed by atoms with Crippen molar-refractivity contribution in [1.29, 1.82) is 0 Å². The van der Waals surface area contributed by atoms with Crippen LogP contribution >= 0.6 is 11.6 Å². The average molecular weight is 536 g/mol. The fraction of sp³-hybridized carbons (Fsp3) is 0.577. The van der Waals surface area contributed by atoms with E-state index in [1.807, 2.05) is 0 Å². The summed E-state index contributed by atoms with van der Waals surface area (Å²) in [5.41, 5.74) is -0.535. The number of ether oxygens (including phenoxy) is 1. The van der Waals surface area contributed by atoms with Crippen LogP contribution < -0.4 is 15.4 Å². The van der Waals surface area contributed by atoms with Gasteiger partial charge in [0.25, 0.3) is 5.91 Å². The number of hydrogen-bond donors (Lipinski definition) is 3. The zero-order valence-corrected chi connectivity index (χ0v) is 22.0. The molecule has 0 aromatic heterocycles. The lowest BCUT2D eigenvalue weighted by Gasteiger charge is -2.35. The van der Waals surface area contributed by atoms with E-state index in [9.17, 15) is 24.0 Å². The van der Waals surface area contributed by atoms with Crippen molar-refractivity contribution >= 4 is 41.6 Å². The van der Waals surface area contributed by atoms with Gasteiger partial charge >= 0.3 is 5.97 Å². The molecular weight excluding hydrogens is 502 g/mol. The van der Waals surface area contributed by atoms with Crippen LogP contribution in [0.4, 0.5) is 0 Å². The summed E-state index contributed by atoms with van der Waals surface area (Å²) in [4.78, 5) is 63.3. The summed E-state index contributed by atoms with van der Waals surface area (Å²) in [5.74, 6) is -1.91. The average Bonchev–Trinajstić information content (AvgIpc) is 3.52. The van der Waals surface area contributed by atoms with Crippen LogP contribution in [0.25, 0.3) is 0 Å². The Morgan fingerprint density at radius 3 is 2.49 bits per heavy atom. The molecule has 1 aliphatic carbocycles. The van der Waals surface area contributed by atoms with Gasteiger partial charge in [-0.2, -0.15) is 0 Å². The van der Waals surface area contributed by atoms with Crippen molar-refractivity contribution in [2.24, 2.45) is 11.3 Å². The van der Waals surface area contributed by atoms with E-state index in [1.54, 1.807) is 39.0 Å². The van der Waals surface area contributed by atoms with Crippen molar-refractivity contribution in [3.8, 4) is 5.75 Å². The summed E-state index contributed by atoms with van der Waals surface area (Å²) in [7, 11) is 0. The van der Waals surface area contributed by atoms with Gasteiger partial charge in [-0.15, -0.1) is 0 Å². The molecule has 202 valence electrons. The summed E-state index contributed by atoms with van der Waals surface area (Å²) < 4.78 is 5.76. The Kier molecular flexibility index (Phi) is 9.17. The van der Waals surface area contributed by atoms with Crippen molar-refractivity contribution < 1.29 is 33.8 Å². The number of rotatable bonds is 11. The molecule has 2 fully saturated rings. The molecular formula is C26H34ClN3O7. The summed E-state index contributed by atoms with van der Waals surface area (Å²) in [6.07, 6.45) is 2.92. The Labute approximate surface area is 221 Å². The third-order valence-corrected chi connectivity index (χ3v) is 6.88. The van der Waals surface area contributed by atoms with E-state index in [2.05, 4.69) is 10.6 Å². The number of likely N-dealkylation sites (tertiary alicyclic amines) is 1. The van der Waals surface area contributed by atoms with E-state index in [0.29, 0.717) is 37.4 Å². The van der Waals surface area contributed by atoms with Crippen LogP contribution in [-0.2, 0) is 19.2 Å². The molecule has 0 radical (unpaired) electrons. The number of carboxylic acids is 1. The van der Waals surface area contributed by atoms with Gasteiger partial charge in [0.2, 0.25) is 11.8 Å². The monoisotopic (exact) mass is 535 g/mol. The highest BCUT2D eigenvalue weighted by Crippen LogP contribution is 2.33. The number of carbonyl (C=O) groups is 5. The lowest BCUT2D eigenvalue weighted by Crippen LogP contribution is -2.58. The summed E-state index contributed by atoms with van der Waals surface area (Å²) in [6.45, 7) is 6.21. The fourth-order valence-corrected chi connectivity index (χ4v) is 4.48. The zero-order chi connectivity index (χ0) is 27.3. The first kappa shape index (κ1) is 28.4. The molecule has 1 aromatic carbocycles. The lowest BCUT2D eigenvalue weighted by molar-refractivity contribution is -0.143. The zero-order valence-electron chi connectivity index (χ0n) is 21.3. The Bertz CT molecular complexity index is 1050. The van der Waals surface area contributed by atoms with E-state index in [1.165, 1.54) is 4.90 Å². The number of aldehydes is 1. The van der Waals surface area contributed by atoms with Crippen LogP contribution in [0.2, 0.25) is 5.02 Å². The molecule has 1 saturated heterocycles. The van der Waals surface area contributed by atoms with Gasteiger partial charge in [0.1, 0.15) is 24.1 Å². The number of halogens is 1. The SMILES string of the molecule is CC(C)(C)[C@H](NC(=O)c1cccc(OCC2CC2)c1Cl)C(=O)N1CCC[C@H]1C(=O)N[C@H](C=O)CC(=O)O. The van der Waals surface area contributed by atoms with Crippen LogP contribution in [0.1, 0.15) is 63.2 Å². The molecule has 10 nitrogen and oxygen atoms in total. The first-order valence-electron chi connectivity index (χ1n) is 12.4. The van der Waals surface area contributed by atoms with Crippen molar-refractivity contribution in [2.45, 2.75) is 71.0 Å². The number of nitrogens with one attached hydrogen (secondary N) is 2. The molecule has 1 aromatic rings. The number of aliphatic carboxylic acids is 1. The first-order chi connectivity index (χ1) is 17.4. The highest BCUT2D eigenvalue weighted by molar-refractivity contribution is 6.35. The Morgan fingerprint density at radius 1 is 1.19 bits per heavy atom. The molecule has 37 heavy (non-hydrogen) atoms. The molecule has 1 saturated carbocycles. The highest BCUT2D eigenvalue weighted by Gasteiger charge is 2.42. The van der Waals surface area contributed by atoms with E-state index in [-0.39, 0.29) is 17.1 Å². The predicted molar refractivity (Wildman–Crippen MR) is 135 cm³/mol. The molecule has 0 unspecified atom stereocenters. The van der Waals surface area contributed by atoms with E-state index in [4.69, 9.17) is 21.4 Å². The minimum Gasteiger partial charge on any atom is -0.492 e. The van der Waals surface area contributed by atoms with Gasteiger partial charge in [-0.05, 0) is 49.1 Å². The van der Waals surface area contributed by atoms with Gasteiger partial charge in [-0.3, -0.25) is 19.2 Å². The summed E-state index contributed by atoms with van der Waals surface area (Å²) >= 11 is 6.47. The van der Waals surface area contributed by atoms with Gasteiger partial charge in [0, 0.05) is 6.54 Å². The number of nitrogens with zero attached hydrogens (tertiary/aromatic N) is 1. The van der Waals surface area contributed by atoms with Crippen LogP contribution in [0.5, 0.6) is 5.75 Å². The standard InChI is InChI=1S/C26H34ClN3O7/c1-26(2,3)22(29-23(34)17-6-4-8-19(21(17)27)37-14-15-9-10-15)25(36)30-11-5-7-18(30)24(35)28-16(13-31)12-20(32)33/h4,6,8,13,15-16,18,22H,5,7,9-12,14H2,1-3H3,(H,28,35)(H,29,34)(H,32,33)/t16-,18-,22+/m0/s1. The van der Waals surface area contributed by atoms with Crippen molar-refractivity contribution in [1.82, 2.24) is 15.5 Å². The van der Waals surface area contributed by atoms with Crippen molar-refractivity contribution in [3.63, 3.8) is 0 Å². The quantitative estimate of drug-likeness (QED) is 0.369. The summed E-state index contributed by atoms with van der Waals surface area (Å²) in [5, 5.41) is 14.3. The predicted octanol–water partition coefficient (Wildman–Crippen LogP) is 2.42. The number of carbonyl (C=O) groups excluding carboxylic acids is 4. The number of benzene rings is 1. The van der Waals surface area contributed by atoms with Crippen LogP contribution in [0.3, 0.4) is 0 Å². The Morgan fingerprint density at radius 2 is 1.89 bits per heavy atom. The number of hydrogen-bond acceptors (Lipinski definition) is 6. The fourth-order valence-electron chi connectivity index (χ4n) is 4.22. The lowest BCUT2D eigenvalue weighted by atomic mass is 9.85. The molecule has 3 amide bonds. The second-order valence-electron chi connectivity index (χ2n) is 10.7. The van der Waals surface area contributed by atoms with Crippen molar-refractivity contribution in [3.05, 3.63) is 28.8 Å². The van der Waals surface area contributed by atoms with Crippen molar-refractivity contribution in [2.75, 3.05) is 13.2 Å². The number of amides is 3. The molecule has 1 heterocycles. The Hall–Kier alpha value is -3.14. The largest absolute Gasteiger partial charge is 0.492 e. The topological polar surface area (TPSA) is 142 Å². The van der Waals surface area contributed by atoms with Gasteiger partial charge in [-0.25, -0.2) is 0 Å². The second-order valence-corrected chi connectivity index (χ2v) is 11.1. The maximum atomic E-state index is 13.7. The molecule has 3 atom stereocenters. The van der Waals surface area contributed by atoms with E-state index < -0.39 is 53.7 Å². The molecule has 0 bridgehead atoms. The van der Waals surface area contributed by atoms with Crippen LogP contribution in [0.15, 0.2) is 18.2 Å². The second kappa shape index (κ2) is 11.9. The molecule has 2 aliphatic rings. The van der Waals surface area contributed by atoms with E-state index in [0.717, 1.165) is 12.8 Å². The third kappa shape index (κ3) is 7.44. The molecule has 0 spiro atoms. The minimum atomic E-state index is -1.23. The van der Waals surface area contributed by atoms with Crippen LogP contribution in [0, 0.1) is 11.3 Å². The first-order valence-corrected chi connectivity index (χ1v) is 12.8. The van der Waals surface area contributed by atoms with E-state index >= 15 is 0 Å². The van der Waals surface area contributed by atoms with Gasteiger partial charge < -0.3 is 30.2 Å². The molecule has 1 aliphatic heterocycles. The maximum Gasteiger partial charge on any atom is 0.305 e. The smallest absolute Gasteiger partial charge is 0.305 e. The van der Waals surface area contributed by atoms with Gasteiger partial charge in [0.15, 0.2) is 0 Å². The minimum absolute atomic E-state index is 0.164. The normalized spacial score (nSPS) is 19.0.